The van der Waals surface area contributed by atoms with Gasteiger partial charge in [0.1, 0.15) is 23.4 Å². The van der Waals surface area contributed by atoms with Gasteiger partial charge in [-0.1, -0.05) is 0 Å². The lowest BCUT2D eigenvalue weighted by Crippen LogP contribution is -2.49. The first-order valence-electron chi connectivity index (χ1n) is 13.3. The van der Waals surface area contributed by atoms with Crippen molar-refractivity contribution >= 4 is 34.9 Å². The van der Waals surface area contributed by atoms with Crippen LogP contribution in [0.4, 0.5) is 17.6 Å². The van der Waals surface area contributed by atoms with Crippen LogP contribution in [0.1, 0.15) is 52.2 Å². The Balaban J connectivity index is 1.35. The van der Waals surface area contributed by atoms with Gasteiger partial charge >= 0.3 is 6.61 Å². The highest BCUT2D eigenvalue weighted by molar-refractivity contribution is 7.10. The molecule has 1 unspecified atom stereocenters. The maximum Gasteiger partial charge on any atom is 0.345 e. The smallest absolute Gasteiger partial charge is 0.345 e. The second-order valence-corrected chi connectivity index (χ2v) is 10.8. The molecule has 2 heterocycles. The summed E-state index contributed by atoms with van der Waals surface area (Å²) in [7, 11) is 0. The van der Waals surface area contributed by atoms with Gasteiger partial charge in [-0.05, 0) is 61.5 Å². The number of hydrogen-bond acceptors (Lipinski definition) is 7. The Bertz CT molecular complexity index is 1490. The molecule has 0 saturated carbocycles. The van der Waals surface area contributed by atoms with Crippen LogP contribution in [0, 0.1) is 5.41 Å². The number of amidine groups is 1. The van der Waals surface area contributed by atoms with Crippen LogP contribution in [-0.4, -0.2) is 60.3 Å². The maximum atomic E-state index is 13.1. The fourth-order valence-electron chi connectivity index (χ4n) is 4.52. The molecule has 3 atom stereocenters. The fraction of sp³-hybridized carbons (Fsp3) is 0.310. The number of halogens is 4. The summed E-state index contributed by atoms with van der Waals surface area (Å²) < 4.78 is 61.5. The maximum absolute atomic E-state index is 13.1. The molecule has 1 aliphatic heterocycles. The van der Waals surface area contributed by atoms with E-state index in [-0.39, 0.29) is 29.9 Å². The van der Waals surface area contributed by atoms with Gasteiger partial charge in [-0.15, -0.1) is 11.3 Å². The number of rotatable bonds is 12. The molecule has 0 bridgehead atoms. The van der Waals surface area contributed by atoms with Crippen LogP contribution in [0.2, 0.25) is 0 Å². The number of nitrogens with one attached hydrogen (secondary N) is 3. The van der Waals surface area contributed by atoms with Crippen molar-refractivity contribution in [1.82, 2.24) is 15.5 Å². The molecule has 10 nitrogen and oxygen atoms in total. The number of nitrogen functional groups attached to an aromatic ring is 1. The predicted octanol–water partition coefficient (Wildman–Crippen LogP) is 4.58. The number of amides is 3. The van der Waals surface area contributed by atoms with Crippen LogP contribution in [-0.2, 0) is 14.3 Å². The standard InChI is InChI=1S/C29H29F4N5O5S/c1-15(23-10-18(14-44-23)26(34)35)37-28(41)22-11-21(43-29(32)33)13-38(22)24(39)12-36-27(40)17-4-8-20(9-5-17)42-19-6-2-16(3-7-19)25(30)31/h2-10,14-15,21-22,25,29H,11-13H2,1H3,(H3,34,35)(H,36,40)(H,37,41)/t15?,21-,22+/m1/s1. The SMILES string of the molecule is CC(NC(=O)[C@@H]1C[C@@H](OC(F)F)CN1C(=O)CNC(=O)c1ccc(Oc2ccc(C(F)F)cc2)cc1)c1cc(C(=N)N)cs1. The van der Waals surface area contributed by atoms with E-state index in [1.807, 2.05) is 0 Å². The van der Waals surface area contributed by atoms with Gasteiger partial charge in [0.25, 0.3) is 12.3 Å². The Labute approximate surface area is 253 Å². The van der Waals surface area contributed by atoms with Gasteiger partial charge in [-0.3, -0.25) is 19.8 Å². The third-order valence-corrected chi connectivity index (χ3v) is 7.90. The summed E-state index contributed by atoms with van der Waals surface area (Å²) in [4.78, 5) is 40.7. The zero-order chi connectivity index (χ0) is 32.0. The molecule has 234 valence electrons. The van der Waals surface area contributed by atoms with Crippen LogP contribution in [0.3, 0.4) is 0 Å². The van der Waals surface area contributed by atoms with Crippen molar-refractivity contribution in [1.29, 1.82) is 5.41 Å². The first-order chi connectivity index (χ1) is 20.9. The minimum absolute atomic E-state index is 0.128. The predicted molar refractivity (Wildman–Crippen MR) is 153 cm³/mol. The lowest BCUT2D eigenvalue weighted by molar-refractivity contribution is -0.160. The summed E-state index contributed by atoms with van der Waals surface area (Å²) in [6.45, 7) is -2.19. The molecule has 1 aliphatic rings. The average molecular weight is 636 g/mol. The molecular formula is C29H29F4N5O5S. The number of carbonyl (C=O) groups excluding carboxylic acids is 3. The topological polar surface area (TPSA) is 147 Å². The van der Waals surface area contributed by atoms with Crippen molar-refractivity contribution in [2.24, 2.45) is 5.73 Å². The second-order valence-electron chi connectivity index (χ2n) is 9.88. The fourth-order valence-corrected chi connectivity index (χ4v) is 5.43. The van der Waals surface area contributed by atoms with E-state index in [0.717, 1.165) is 4.90 Å². The Morgan fingerprint density at radius 2 is 1.68 bits per heavy atom. The number of alkyl halides is 4. The van der Waals surface area contributed by atoms with E-state index in [2.05, 4.69) is 15.4 Å². The Morgan fingerprint density at radius 3 is 2.25 bits per heavy atom. The van der Waals surface area contributed by atoms with E-state index >= 15 is 0 Å². The van der Waals surface area contributed by atoms with Gasteiger partial charge in [0.15, 0.2) is 0 Å². The van der Waals surface area contributed by atoms with Gasteiger partial charge in [0.2, 0.25) is 11.8 Å². The largest absolute Gasteiger partial charge is 0.457 e. The molecule has 0 spiro atoms. The molecule has 1 saturated heterocycles. The van der Waals surface area contributed by atoms with Crippen LogP contribution >= 0.6 is 11.3 Å². The van der Waals surface area contributed by atoms with Crippen LogP contribution < -0.4 is 21.1 Å². The molecule has 4 rings (SSSR count). The van der Waals surface area contributed by atoms with Crippen molar-refractivity contribution in [2.75, 3.05) is 13.1 Å². The van der Waals surface area contributed by atoms with Crippen molar-refractivity contribution < 1.29 is 41.4 Å². The summed E-state index contributed by atoms with van der Waals surface area (Å²) >= 11 is 1.28. The van der Waals surface area contributed by atoms with Crippen LogP contribution in [0.25, 0.3) is 0 Å². The highest BCUT2D eigenvalue weighted by atomic mass is 32.1. The molecule has 3 aromatic rings. The second kappa shape index (κ2) is 14.3. The Kier molecular flexibility index (Phi) is 10.5. The number of ether oxygens (including phenoxy) is 2. The Hall–Kier alpha value is -4.50. The van der Waals surface area contributed by atoms with Crippen molar-refractivity contribution in [3.8, 4) is 11.5 Å². The molecule has 0 radical (unpaired) electrons. The zero-order valence-electron chi connectivity index (χ0n) is 23.3. The average Bonchev–Trinajstić information content (AvgIpc) is 3.64. The van der Waals surface area contributed by atoms with E-state index in [1.54, 1.807) is 18.4 Å². The van der Waals surface area contributed by atoms with Crippen LogP contribution in [0.15, 0.2) is 60.0 Å². The van der Waals surface area contributed by atoms with E-state index < -0.39 is 55.5 Å². The monoisotopic (exact) mass is 635 g/mol. The van der Waals surface area contributed by atoms with Gasteiger partial charge in [0.05, 0.1) is 18.7 Å². The van der Waals surface area contributed by atoms with Crippen molar-refractivity contribution in [3.63, 3.8) is 0 Å². The summed E-state index contributed by atoms with van der Waals surface area (Å²) in [5.41, 5.74) is 6.03. The minimum Gasteiger partial charge on any atom is -0.457 e. The van der Waals surface area contributed by atoms with Crippen molar-refractivity contribution in [3.05, 3.63) is 81.5 Å². The number of thiophene rings is 1. The van der Waals surface area contributed by atoms with Crippen LogP contribution in [0.5, 0.6) is 11.5 Å². The third kappa shape index (κ3) is 8.32. The number of nitrogens with zero attached hydrogens (tertiary/aromatic N) is 1. The molecule has 15 heteroatoms. The highest BCUT2D eigenvalue weighted by Gasteiger charge is 2.41. The number of likely N-dealkylation sites (tertiary alicyclic amines) is 1. The summed E-state index contributed by atoms with van der Waals surface area (Å²) in [6.07, 6.45) is -3.86. The number of nitrogens with two attached hydrogens (primary N) is 1. The van der Waals surface area contributed by atoms with Crippen molar-refractivity contribution in [2.45, 2.75) is 44.6 Å². The number of hydrogen-bond donors (Lipinski definition) is 4. The molecule has 0 aliphatic carbocycles. The normalized spacial score (nSPS) is 17.0. The molecule has 1 fully saturated rings. The van der Waals surface area contributed by atoms with Gasteiger partial charge in [-0.2, -0.15) is 8.78 Å². The molecule has 3 amide bonds. The van der Waals surface area contributed by atoms with E-state index in [0.29, 0.717) is 21.9 Å². The Morgan fingerprint density at radius 1 is 1.05 bits per heavy atom. The highest BCUT2D eigenvalue weighted by Crippen LogP contribution is 2.27. The summed E-state index contributed by atoms with van der Waals surface area (Å²) in [5, 5.41) is 14.4. The number of benzene rings is 2. The molecule has 1 aromatic heterocycles. The zero-order valence-corrected chi connectivity index (χ0v) is 24.1. The lowest BCUT2D eigenvalue weighted by atomic mass is 10.1. The molecule has 2 aromatic carbocycles. The molecular weight excluding hydrogens is 606 g/mol. The van der Waals surface area contributed by atoms with E-state index in [4.69, 9.17) is 15.9 Å². The molecule has 5 N–H and O–H groups in total. The summed E-state index contributed by atoms with van der Waals surface area (Å²) in [5.74, 6) is -1.34. The van der Waals surface area contributed by atoms with Gasteiger partial charge in [-0.25, -0.2) is 8.78 Å². The van der Waals surface area contributed by atoms with E-state index in [1.165, 1.54) is 59.9 Å². The first kappa shape index (κ1) is 32.4. The van der Waals surface area contributed by atoms with Gasteiger partial charge in [0, 0.05) is 39.9 Å². The number of carbonyl (C=O) groups is 3. The molecule has 44 heavy (non-hydrogen) atoms. The first-order valence-corrected chi connectivity index (χ1v) is 14.2. The van der Waals surface area contributed by atoms with E-state index in [9.17, 15) is 31.9 Å². The summed E-state index contributed by atoms with van der Waals surface area (Å²) in [6, 6.07) is 11.1. The third-order valence-electron chi connectivity index (χ3n) is 6.78. The van der Waals surface area contributed by atoms with Gasteiger partial charge < -0.3 is 30.7 Å². The quantitative estimate of drug-likeness (QED) is 0.130. The minimum atomic E-state index is -3.10. The lowest BCUT2D eigenvalue weighted by Gasteiger charge is -2.25.